The van der Waals surface area contributed by atoms with Crippen molar-refractivity contribution in [3.63, 3.8) is 0 Å². The van der Waals surface area contributed by atoms with E-state index in [9.17, 15) is 0 Å². The summed E-state index contributed by atoms with van der Waals surface area (Å²) in [4.78, 5) is 1.81. The van der Waals surface area contributed by atoms with Gasteiger partial charge in [0.15, 0.2) is 0 Å². The predicted octanol–water partition coefficient (Wildman–Crippen LogP) is 4.19. The molecule has 25 heavy (non-hydrogen) atoms. The van der Waals surface area contributed by atoms with E-state index in [4.69, 9.17) is 10.2 Å². The molecule has 1 aromatic heterocycles. The summed E-state index contributed by atoms with van der Waals surface area (Å²) in [6.07, 6.45) is 1.10. The van der Waals surface area contributed by atoms with Crippen molar-refractivity contribution >= 4 is 0 Å². The minimum absolute atomic E-state index is 0.463. The molecule has 0 aliphatic heterocycles. The van der Waals surface area contributed by atoms with E-state index in [2.05, 4.69) is 62.5 Å². The third-order valence-corrected chi connectivity index (χ3v) is 4.41. The van der Waals surface area contributed by atoms with Crippen molar-refractivity contribution in [1.82, 2.24) is 20.3 Å². The van der Waals surface area contributed by atoms with Crippen molar-refractivity contribution in [1.29, 1.82) is 0 Å². The van der Waals surface area contributed by atoms with E-state index in [1.54, 1.807) is 0 Å². The van der Waals surface area contributed by atoms with Crippen LogP contribution in [-0.2, 0) is 13.1 Å². The van der Waals surface area contributed by atoms with Crippen LogP contribution < -0.4 is 5.32 Å². The fourth-order valence-electron chi connectivity index (χ4n) is 2.78. The number of benzene rings is 2. The number of nitrogens with one attached hydrogen (secondary N) is 1. The van der Waals surface area contributed by atoms with Gasteiger partial charge in [0.05, 0.1) is 6.54 Å². The van der Waals surface area contributed by atoms with Gasteiger partial charge in [-0.05, 0) is 25.8 Å². The molecule has 4 nitrogen and oxygen atoms in total. The van der Waals surface area contributed by atoms with Gasteiger partial charge in [0.25, 0.3) is 0 Å². The van der Waals surface area contributed by atoms with Crippen LogP contribution in [0.5, 0.6) is 0 Å². The number of aryl methyl sites for hydroxylation is 1. The Labute approximate surface area is 149 Å². The second-order valence-corrected chi connectivity index (χ2v) is 6.57. The van der Waals surface area contributed by atoms with Gasteiger partial charge in [0.1, 0.15) is 11.4 Å². The Balaban J connectivity index is 1.88. The Morgan fingerprint density at radius 2 is 1.84 bits per heavy atom. The molecule has 0 saturated heterocycles. The zero-order valence-corrected chi connectivity index (χ0v) is 15.2. The third-order valence-electron chi connectivity index (χ3n) is 4.41. The summed E-state index contributed by atoms with van der Waals surface area (Å²) < 4.78 is 0. The lowest BCUT2D eigenvalue weighted by Gasteiger charge is -2.10. The van der Waals surface area contributed by atoms with E-state index in [-0.39, 0.29) is 0 Å². The van der Waals surface area contributed by atoms with Gasteiger partial charge in [-0.2, -0.15) is 15.0 Å². The van der Waals surface area contributed by atoms with E-state index in [1.807, 2.05) is 23.0 Å². The first-order valence-electron chi connectivity index (χ1n) is 8.94. The fourth-order valence-corrected chi connectivity index (χ4v) is 2.78. The molecule has 4 heteroatoms. The largest absolute Gasteiger partial charge is 0.309 e. The van der Waals surface area contributed by atoms with E-state index in [0.29, 0.717) is 12.6 Å². The van der Waals surface area contributed by atoms with Crippen LogP contribution in [0.2, 0.25) is 0 Å². The monoisotopic (exact) mass is 334 g/mol. The molecule has 1 N–H and O–H groups in total. The fraction of sp³-hybridized carbons (Fsp3) is 0.333. The topological polar surface area (TPSA) is 42.7 Å². The number of aromatic nitrogens is 3. The Morgan fingerprint density at radius 3 is 2.56 bits per heavy atom. The molecule has 1 heterocycles. The molecule has 0 fully saturated rings. The van der Waals surface area contributed by atoms with Crippen molar-refractivity contribution in [2.45, 2.75) is 46.3 Å². The molecular formula is C21H26N4. The number of hydrogen-bond acceptors (Lipinski definition) is 3. The van der Waals surface area contributed by atoms with Gasteiger partial charge >= 0.3 is 0 Å². The minimum Gasteiger partial charge on any atom is -0.309 e. The van der Waals surface area contributed by atoms with Gasteiger partial charge in [-0.15, -0.1) is 0 Å². The van der Waals surface area contributed by atoms with Crippen LogP contribution in [-0.4, -0.2) is 21.0 Å². The summed E-state index contributed by atoms with van der Waals surface area (Å²) >= 11 is 0. The van der Waals surface area contributed by atoms with Gasteiger partial charge in [-0.25, -0.2) is 0 Å². The van der Waals surface area contributed by atoms with E-state index < -0.39 is 0 Å². The molecule has 130 valence electrons. The van der Waals surface area contributed by atoms with Gasteiger partial charge in [0.2, 0.25) is 0 Å². The number of nitrogens with zero attached hydrogens (tertiary/aromatic N) is 3. The molecule has 0 amide bonds. The van der Waals surface area contributed by atoms with Crippen molar-refractivity contribution in [2.24, 2.45) is 0 Å². The summed E-state index contributed by atoms with van der Waals surface area (Å²) in [7, 11) is 0. The first-order valence-corrected chi connectivity index (χ1v) is 8.94. The molecule has 0 aliphatic carbocycles. The molecule has 3 rings (SSSR count). The second-order valence-electron chi connectivity index (χ2n) is 6.57. The lowest BCUT2D eigenvalue weighted by molar-refractivity contribution is 0.520. The lowest BCUT2D eigenvalue weighted by atomic mass is 10.1. The molecule has 0 saturated carbocycles. The normalized spacial score (nSPS) is 12.3. The van der Waals surface area contributed by atoms with Gasteiger partial charge < -0.3 is 5.32 Å². The molecule has 3 aromatic rings. The molecule has 2 aromatic carbocycles. The van der Waals surface area contributed by atoms with Crippen LogP contribution in [0.1, 0.15) is 37.1 Å². The quantitative estimate of drug-likeness (QED) is 0.704. The Kier molecular flexibility index (Phi) is 5.61. The first kappa shape index (κ1) is 17.4. The van der Waals surface area contributed by atoms with Crippen LogP contribution >= 0.6 is 0 Å². The molecule has 0 radical (unpaired) electrons. The third kappa shape index (κ3) is 4.54. The summed E-state index contributed by atoms with van der Waals surface area (Å²) in [5.41, 5.74) is 5.55. The maximum Gasteiger partial charge on any atom is 0.117 e. The molecule has 1 atom stereocenters. The summed E-state index contributed by atoms with van der Waals surface area (Å²) in [6, 6.07) is 19.2. The minimum atomic E-state index is 0.463. The highest BCUT2D eigenvalue weighted by Crippen LogP contribution is 2.20. The van der Waals surface area contributed by atoms with Crippen LogP contribution in [0.4, 0.5) is 0 Å². The van der Waals surface area contributed by atoms with Crippen LogP contribution in [0.3, 0.4) is 0 Å². The number of rotatable bonds is 7. The predicted molar refractivity (Wildman–Crippen MR) is 102 cm³/mol. The zero-order valence-electron chi connectivity index (χ0n) is 15.2. The van der Waals surface area contributed by atoms with Crippen molar-refractivity contribution in [2.75, 3.05) is 0 Å². The maximum absolute atomic E-state index is 4.77. The van der Waals surface area contributed by atoms with Crippen molar-refractivity contribution in [3.05, 3.63) is 71.4 Å². The standard InChI is InChI=1S/C21H26N4/c1-4-17(3)22-14-20-21(19-11-6-5-7-12-19)24-25(23-20)15-18-10-8-9-16(2)13-18/h5-13,17,22H,4,14-15H2,1-3H3/t17-/m0/s1. The summed E-state index contributed by atoms with van der Waals surface area (Å²) in [6.45, 7) is 7.90. The maximum atomic E-state index is 4.77. The Hall–Kier alpha value is -2.46. The van der Waals surface area contributed by atoms with Gasteiger partial charge in [-0.3, -0.25) is 0 Å². The smallest absolute Gasteiger partial charge is 0.117 e. The van der Waals surface area contributed by atoms with Crippen LogP contribution in [0.25, 0.3) is 11.3 Å². The summed E-state index contributed by atoms with van der Waals surface area (Å²) in [5, 5.41) is 13.1. The molecule has 0 bridgehead atoms. The van der Waals surface area contributed by atoms with E-state index in [0.717, 1.165) is 29.9 Å². The highest BCUT2D eigenvalue weighted by Gasteiger charge is 2.14. The number of hydrogen-bond donors (Lipinski definition) is 1. The lowest BCUT2D eigenvalue weighted by Crippen LogP contribution is -2.25. The van der Waals surface area contributed by atoms with Crippen LogP contribution in [0.15, 0.2) is 54.6 Å². The molecule has 0 spiro atoms. The van der Waals surface area contributed by atoms with E-state index in [1.165, 1.54) is 11.1 Å². The van der Waals surface area contributed by atoms with Gasteiger partial charge in [-0.1, -0.05) is 67.1 Å². The highest BCUT2D eigenvalue weighted by atomic mass is 15.5. The van der Waals surface area contributed by atoms with Gasteiger partial charge in [0, 0.05) is 18.2 Å². The Bertz CT molecular complexity index is 808. The van der Waals surface area contributed by atoms with Crippen molar-refractivity contribution < 1.29 is 0 Å². The average Bonchev–Trinajstić information content (AvgIpc) is 3.03. The average molecular weight is 334 g/mol. The van der Waals surface area contributed by atoms with E-state index >= 15 is 0 Å². The zero-order chi connectivity index (χ0) is 17.6. The second kappa shape index (κ2) is 8.08. The first-order chi connectivity index (χ1) is 12.2. The molecular weight excluding hydrogens is 308 g/mol. The van der Waals surface area contributed by atoms with Crippen molar-refractivity contribution in [3.8, 4) is 11.3 Å². The SMILES string of the molecule is CC[C@H](C)NCc1nn(Cc2cccc(C)c2)nc1-c1ccccc1. The highest BCUT2D eigenvalue weighted by molar-refractivity contribution is 5.60. The van der Waals surface area contributed by atoms with Crippen LogP contribution in [0, 0.1) is 6.92 Å². The Morgan fingerprint density at radius 1 is 1.04 bits per heavy atom. The summed E-state index contributed by atoms with van der Waals surface area (Å²) in [5.74, 6) is 0. The molecule has 0 aliphatic rings. The molecule has 0 unspecified atom stereocenters.